The van der Waals surface area contributed by atoms with E-state index in [1.807, 2.05) is 0 Å². The Bertz CT molecular complexity index is 644. The molecule has 0 N–H and O–H groups in total. The normalized spacial score (nSPS) is 22.2. The first-order chi connectivity index (χ1) is 13.2. The number of carbonyl (C=O) groups is 1. The van der Waals surface area contributed by atoms with Crippen molar-refractivity contribution in [2.24, 2.45) is 5.92 Å². The van der Waals surface area contributed by atoms with E-state index in [0.717, 1.165) is 69.6 Å². The van der Waals surface area contributed by atoms with Crippen molar-refractivity contribution >= 4 is 17.7 Å². The Morgan fingerprint density at radius 1 is 0.852 bits per heavy atom. The van der Waals surface area contributed by atoms with Gasteiger partial charge in [0.2, 0.25) is 11.9 Å². The molecule has 6 heteroatoms. The Morgan fingerprint density at radius 3 is 2.22 bits per heavy atom. The first kappa shape index (κ1) is 18.5. The van der Waals surface area contributed by atoms with Gasteiger partial charge in [-0.2, -0.15) is 4.98 Å². The third kappa shape index (κ3) is 4.36. The maximum absolute atomic E-state index is 12.8. The lowest BCUT2D eigenvalue weighted by molar-refractivity contribution is -0.136. The zero-order chi connectivity index (χ0) is 18.6. The highest BCUT2D eigenvalue weighted by Crippen LogP contribution is 2.26. The highest BCUT2D eigenvalue weighted by atomic mass is 16.2. The summed E-state index contributed by atoms with van der Waals surface area (Å²) in [5.74, 6) is 2.55. The molecule has 1 saturated carbocycles. The molecule has 0 spiro atoms. The SMILES string of the molecule is Cc1cc(N2CCCCC2)nc(N2CCN(C(=O)C3CCCCC3)CC2)n1. The van der Waals surface area contributed by atoms with Gasteiger partial charge in [-0.25, -0.2) is 4.98 Å². The molecular weight excluding hydrogens is 338 g/mol. The molecule has 1 aliphatic carbocycles. The minimum Gasteiger partial charge on any atom is -0.356 e. The van der Waals surface area contributed by atoms with Crippen LogP contribution >= 0.6 is 0 Å². The minimum atomic E-state index is 0.270. The van der Waals surface area contributed by atoms with Crippen molar-refractivity contribution in [1.29, 1.82) is 0 Å². The van der Waals surface area contributed by atoms with Crippen molar-refractivity contribution in [1.82, 2.24) is 14.9 Å². The summed E-state index contributed by atoms with van der Waals surface area (Å²) in [5, 5.41) is 0. The summed E-state index contributed by atoms with van der Waals surface area (Å²) in [6.45, 7) is 7.51. The molecule has 3 fully saturated rings. The van der Waals surface area contributed by atoms with Crippen molar-refractivity contribution in [3.05, 3.63) is 11.8 Å². The molecule has 148 valence electrons. The Hall–Kier alpha value is -1.85. The Balaban J connectivity index is 1.39. The number of carbonyl (C=O) groups excluding carboxylic acids is 1. The number of nitrogens with zero attached hydrogens (tertiary/aromatic N) is 5. The van der Waals surface area contributed by atoms with Gasteiger partial charge < -0.3 is 14.7 Å². The van der Waals surface area contributed by atoms with Gasteiger partial charge in [0.05, 0.1) is 0 Å². The Kier molecular flexibility index (Phi) is 5.79. The van der Waals surface area contributed by atoms with Crippen molar-refractivity contribution in [2.45, 2.75) is 58.3 Å². The van der Waals surface area contributed by atoms with Gasteiger partial charge in [-0.3, -0.25) is 4.79 Å². The fraction of sp³-hybridized carbons (Fsp3) is 0.762. The molecule has 2 aliphatic heterocycles. The minimum absolute atomic E-state index is 0.270. The molecule has 1 aromatic heterocycles. The number of piperazine rings is 1. The number of piperidine rings is 1. The van der Waals surface area contributed by atoms with Crippen LogP contribution in [-0.2, 0) is 4.79 Å². The van der Waals surface area contributed by atoms with Crippen LogP contribution in [-0.4, -0.2) is 60.0 Å². The fourth-order valence-corrected chi connectivity index (χ4v) is 4.70. The largest absolute Gasteiger partial charge is 0.356 e. The smallest absolute Gasteiger partial charge is 0.227 e. The number of rotatable bonds is 3. The number of hydrogen-bond donors (Lipinski definition) is 0. The van der Waals surface area contributed by atoms with Gasteiger partial charge in [0.1, 0.15) is 5.82 Å². The van der Waals surface area contributed by atoms with Gasteiger partial charge in [0, 0.05) is 56.9 Å². The van der Waals surface area contributed by atoms with Gasteiger partial charge in [-0.15, -0.1) is 0 Å². The quantitative estimate of drug-likeness (QED) is 0.817. The monoisotopic (exact) mass is 371 g/mol. The average molecular weight is 372 g/mol. The molecule has 2 saturated heterocycles. The van der Waals surface area contributed by atoms with E-state index >= 15 is 0 Å². The van der Waals surface area contributed by atoms with E-state index in [4.69, 9.17) is 9.97 Å². The van der Waals surface area contributed by atoms with Crippen LogP contribution in [0.15, 0.2) is 6.07 Å². The summed E-state index contributed by atoms with van der Waals surface area (Å²) in [5.41, 5.74) is 1.03. The zero-order valence-corrected chi connectivity index (χ0v) is 16.7. The van der Waals surface area contributed by atoms with Gasteiger partial charge in [0.15, 0.2) is 0 Å². The molecule has 6 nitrogen and oxygen atoms in total. The Labute approximate surface area is 162 Å². The maximum atomic E-state index is 12.8. The summed E-state index contributed by atoms with van der Waals surface area (Å²) in [6.07, 6.45) is 9.71. The van der Waals surface area contributed by atoms with E-state index in [-0.39, 0.29) is 5.92 Å². The first-order valence-corrected chi connectivity index (χ1v) is 10.8. The van der Waals surface area contributed by atoms with Gasteiger partial charge in [0.25, 0.3) is 0 Å². The predicted molar refractivity (Wildman–Crippen MR) is 108 cm³/mol. The Morgan fingerprint density at radius 2 is 1.52 bits per heavy atom. The van der Waals surface area contributed by atoms with Crippen LogP contribution in [0.25, 0.3) is 0 Å². The lowest BCUT2D eigenvalue weighted by Crippen LogP contribution is -2.51. The molecule has 0 aromatic carbocycles. The number of amides is 1. The second kappa shape index (κ2) is 8.44. The summed E-state index contributed by atoms with van der Waals surface area (Å²) >= 11 is 0. The van der Waals surface area contributed by atoms with Crippen LogP contribution in [0.4, 0.5) is 11.8 Å². The van der Waals surface area contributed by atoms with Crippen molar-refractivity contribution in [2.75, 3.05) is 49.1 Å². The molecule has 4 rings (SSSR count). The van der Waals surface area contributed by atoms with Gasteiger partial charge >= 0.3 is 0 Å². The summed E-state index contributed by atoms with van der Waals surface area (Å²) in [7, 11) is 0. The number of aryl methyl sites for hydroxylation is 1. The topological polar surface area (TPSA) is 52.6 Å². The van der Waals surface area contributed by atoms with Gasteiger partial charge in [-0.1, -0.05) is 19.3 Å². The lowest BCUT2D eigenvalue weighted by Gasteiger charge is -2.37. The van der Waals surface area contributed by atoms with E-state index in [0.29, 0.717) is 5.91 Å². The average Bonchev–Trinajstić information content (AvgIpc) is 2.74. The third-order valence-electron chi connectivity index (χ3n) is 6.34. The molecule has 0 atom stereocenters. The zero-order valence-electron chi connectivity index (χ0n) is 16.7. The van der Waals surface area contributed by atoms with Crippen molar-refractivity contribution in [3.8, 4) is 0 Å². The molecule has 3 aliphatic rings. The molecule has 0 radical (unpaired) electrons. The molecule has 1 amide bonds. The van der Waals surface area contributed by atoms with E-state index in [1.54, 1.807) is 0 Å². The van der Waals surface area contributed by atoms with Crippen LogP contribution in [0.3, 0.4) is 0 Å². The lowest BCUT2D eigenvalue weighted by atomic mass is 9.88. The molecule has 1 aromatic rings. The molecule has 0 bridgehead atoms. The van der Waals surface area contributed by atoms with Crippen molar-refractivity contribution < 1.29 is 4.79 Å². The second-order valence-electron chi connectivity index (χ2n) is 8.36. The summed E-state index contributed by atoms with van der Waals surface area (Å²) < 4.78 is 0. The van der Waals surface area contributed by atoms with E-state index in [9.17, 15) is 4.79 Å². The van der Waals surface area contributed by atoms with Gasteiger partial charge in [-0.05, 0) is 39.0 Å². The van der Waals surface area contributed by atoms with Crippen molar-refractivity contribution in [3.63, 3.8) is 0 Å². The van der Waals surface area contributed by atoms with E-state index in [2.05, 4.69) is 27.7 Å². The van der Waals surface area contributed by atoms with Crippen LogP contribution in [0, 0.1) is 12.8 Å². The number of anilines is 2. The predicted octanol–water partition coefficient (Wildman–Crippen LogP) is 3.00. The summed E-state index contributed by atoms with van der Waals surface area (Å²) in [6, 6.07) is 2.11. The third-order valence-corrected chi connectivity index (χ3v) is 6.34. The first-order valence-electron chi connectivity index (χ1n) is 10.8. The van der Waals surface area contributed by atoms with Crippen LogP contribution < -0.4 is 9.80 Å². The number of aromatic nitrogens is 2. The highest BCUT2D eigenvalue weighted by molar-refractivity contribution is 5.79. The fourth-order valence-electron chi connectivity index (χ4n) is 4.70. The standard InChI is InChI=1S/C21H33N5O/c1-17-16-19(24-10-6-3-7-11-24)23-21(22-17)26-14-12-25(13-15-26)20(27)18-8-4-2-5-9-18/h16,18H,2-15H2,1H3. The second-order valence-corrected chi connectivity index (χ2v) is 8.36. The maximum Gasteiger partial charge on any atom is 0.227 e. The van der Waals surface area contributed by atoms with Crippen LogP contribution in [0.2, 0.25) is 0 Å². The summed E-state index contributed by atoms with van der Waals surface area (Å²) in [4.78, 5) is 29.1. The molecule has 0 unspecified atom stereocenters. The van der Waals surface area contributed by atoms with Crippen LogP contribution in [0.1, 0.15) is 57.1 Å². The molecule has 27 heavy (non-hydrogen) atoms. The number of hydrogen-bond acceptors (Lipinski definition) is 5. The van der Waals surface area contributed by atoms with E-state index < -0.39 is 0 Å². The molecule has 3 heterocycles. The van der Waals surface area contributed by atoms with Crippen LogP contribution in [0.5, 0.6) is 0 Å². The highest BCUT2D eigenvalue weighted by Gasteiger charge is 2.29. The van der Waals surface area contributed by atoms with E-state index in [1.165, 1.54) is 38.5 Å². The molecular formula is C21H33N5O.